The van der Waals surface area contributed by atoms with Crippen LogP contribution in [0.15, 0.2) is 54.9 Å². The zero-order valence-electron chi connectivity index (χ0n) is 23.3. The molecule has 1 saturated carbocycles. The molecule has 0 bridgehead atoms. The molecule has 208 valence electrons. The predicted molar refractivity (Wildman–Crippen MR) is 148 cm³/mol. The lowest BCUT2D eigenvalue weighted by molar-refractivity contribution is 0.0524. The average Bonchev–Trinajstić information content (AvgIpc) is 3.37. The average molecular weight is 545 g/mol. The SMILES string of the molecule is CCOC(=O)c1cnn(-c2cccc(-c3cccc(C(=O)N(C)CC(C)C)c3F)c2)c1C1C[C@H]1c1cn(C)nn1. The Hall–Kier alpha value is -4.34. The molecular weight excluding hydrogens is 511 g/mol. The van der Waals surface area contributed by atoms with E-state index in [0.717, 1.165) is 17.8 Å². The van der Waals surface area contributed by atoms with Crippen LogP contribution >= 0.6 is 0 Å². The van der Waals surface area contributed by atoms with Crippen LogP contribution in [0, 0.1) is 11.7 Å². The molecule has 0 spiro atoms. The standard InChI is InChI=1S/C30H33FN6O3/c1-6-40-30(39)25-15-32-37(28(25)24-14-23(24)26-17-36(5)34-33-26)20-10-7-9-19(13-20)21-11-8-12-22(27(21)31)29(38)35(4)16-18(2)3/h7-13,15,17-18,23-24H,6,14,16H2,1-5H3/t23-,24?/m1/s1. The fourth-order valence-electron chi connectivity index (χ4n) is 5.21. The fourth-order valence-corrected chi connectivity index (χ4v) is 5.21. The molecule has 2 atom stereocenters. The second-order valence-electron chi connectivity index (χ2n) is 10.6. The topological polar surface area (TPSA) is 95.1 Å². The van der Waals surface area contributed by atoms with Gasteiger partial charge in [-0.05, 0) is 43.0 Å². The smallest absolute Gasteiger partial charge is 0.341 e. The van der Waals surface area contributed by atoms with Gasteiger partial charge in [0.05, 0.1) is 35.4 Å². The minimum Gasteiger partial charge on any atom is -0.462 e. The maximum Gasteiger partial charge on any atom is 0.341 e. The molecule has 2 aromatic carbocycles. The molecule has 4 aromatic rings. The van der Waals surface area contributed by atoms with Crippen molar-refractivity contribution in [2.24, 2.45) is 13.0 Å². The molecular formula is C30H33FN6O3. The highest BCUT2D eigenvalue weighted by atomic mass is 19.1. The second kappa shape index (κ2) is 11.0. The van der Waals surface area contributed by atoms with Crippen LogP contribution in [-0.2, 0) is 11.8 Å². The van der Waals surface area contributed by atoms with E-state index in [-0.39, 0.29) is 35.8 Å². The van der Waals surface area contributed by atoms with Gasteiger partial charge >= 0.3 is 5.97 Å². The molecule has 40 heavy (non-hydrogen) atoms. The molecule has 1 aliphatic rings. The number of aryl methyl sites for hydroxylation is 1. The Kier molecular flexibility index (Phi) is 7.51. The van der Waals surface area contributed by atoms with Crippen molar-refractivity contribution in [3.8, 4) is 16.8 Å². The second-order valence-corrected chi connectivity index (χ2v) is 10.6. The van der Waals surface area contributed by atoms with Crippen molar-refractivity contribution in [2.45, 2.75) is 39.0 Å². The Morgan fingerprint density at radius 1 is 1.15 bits per heavy atom. The van der Waals surface area contributed by atoms with Crippen molar-refractivity contribution in [1.29, 1.82) is 0 Å². The summed E-state index contributed by atoms with van der Waals surface area (Å²) in [5.41, 5.74) is 3.59. The van der Waals surface area contributed by atoms with Gasteiger partial charge < -0.3 is 9.64 Å². The van der Waals surface area contributed by atoms with Gasteiger partial charge in [-0.25, -0.2) is 13.9 Å². The van der Waals surface area contributed by atoms with Gasteiger partial charge in [-0.3, -0.25) is 9.48 Å². The summed E-state index contributed by atoms with van der Waals surface area (Å²) in [7, 11) is 3.50. The quantitative estimate of drug-likeness (QED) is 0.276. The molecule has 1 aliphatic carbocycles. The van der Waals surface area contributed by atoms with Gasteiger partial charge in [-0.15, -0.1) is 5.10 Å². The van der Waals surface area contributed by atoms with E-state index in [2.05, 4.69) is 15.4 Å². The summed E-state index contributed by atoms with van der Waals surface area (Å²) >= 11 is 0. The fraction of sp³-hybridized carbons (Fsp3) is 0.367. The number of carbonyl (C=O) groups excluding carboxylic acids is 2. The molecule has 0 saturated heterocycles. The Bertz CT molecular complexity index is 1560. The number of halogens is 1. The number of esters is 1. The molecule has 1 amide bonds. The first-order chi connectivity index (χ1) is 19.2. The number of carbonyl (C=O) groups is 2. The number of aromatic nitrogens is 5. The Labute approximate surface area is 232 Å². The number of amides is 1. The van der Waals surface area contributed by atoms with Gasteiger partial charge in [0.15, 0.2) is 0 Å². The van der Waals surface area contributed by atoms with E-state index in [1.165, 1.54) is 12.3 Å². The number of benzene rings is 2. The summed E-state index contributed by atoms with van der Waals surface area (Å²) < 4.78 is 24.4. The van der Waals surface area contributed by atoms with Gasteiger partial charge in [0.25, 0.3) is 5.91 Å². The normalized spacial score (nSPS) is 16.3. The number of hydrogen-bond acceptors (Lipinski definition) is 6. The van der Waals surface area contributed by atoms with E-state index in [1.54, 1.807) is 46.4 Å². The van der Waals surface area contributed by atoms with E-state index in [4.69, 9.17) is 4.74 Å². The third-order valence-corrected chi connectivity index (χ3v) is 7.06. The van der Waals surface area contributed by atoms with Gasteiger partial charge in [-0.2, -0.15) is 5.10 Å². The molecule has 2 heterocycles. The van der Waals surface area contributed by atoms with Crippen LogP contribution in [0.3, 0.4) is 0 Å². The summed E-state index contributed by atoms with van der Waals surface area (Å²) in [6, 6.07) is 12.1. The van der Waals surface area contributed by atoms with E-state index in [0.29, 0.717) is 28.9 Å². The molecule has 10 heteroatoms. The minimum absolute atomic E-state index is 0.00329. The zero-order chi connectivity index (χ0) is 28.6. The number of hydrogen-bond donors (Lipinski definition) is 0. The third-order valence-electron chi connectivity index (χ3n) is 7.06. The van der Waals surface area contributed by atoms with Crippen molar-refractivity contribution in [2.75, 3.05) is 20.2 Å². The van der Waals surface area contributed by atoms with Crippen LogP contribution in [-0.4, -0.2) is 61.8 Å². The van der Waals surface area contributed by atoms with Crippen molar-refractivity contribution in [3.63, 3.8) is 0 Å². The zero-order valence-corrected chi connectivity index (χ0v) is 23.3. The first-order valence-corrected chi connectivity index (χ1v) is 13.5. The Balaban J connectivity index is 1.52. The summed E-state index contributed by atoms with van der Waals surface area (Å²) in [6.07, 6.45) is 4.20. The highest BCUT2D eigenvalue weighted by molar-refractivity contribution is 5.96. The molecule has 0 radical (unpaired) electrons. The highest BCUT2D eigenvalue weighted by Crippen LogP contribution is 2.55. The summed E-state index contributed by atoms with van der Waals surface area (Å²) in [5.74, 6) is -1.01. The molecule has 1 fully saturated rings. The molecule has 9 nitrogen and oxygen atoms in total. The maximum absolute atomic E-state index is 15.7. The van der Waals surface area contributed by atoms with E-state index in [9.17, 15) is 9.59 Å². The highest BCUT2D eigenvalue weighted by Gasteiger charge is 2.46. The first-order valence-electron chi connectivity index (χ1n) is 13.5. The van der Waals surface area contributed by atoms with Crippen LogP contribution in [0.4, 0.5) is 4.39 Å². The monoisotopic (exact) mass is 544 g/mol. The van der Waals surface area contributed by atoms with Crippen LogP contribution in [0.1, 0.15) is 71.1 Å². The van der Waals surface area contributed by atoms with Gasteiger partial charge in [-0.1, -0.05) is 43.3 Å². The van der Waals surface area contributed by atoms with Crippen LogP contribution in [0.25, 0.3) is 16.8 Å². The van der Waals surface area contributed by atoms with Crippen molar-refractivity contribution >= 4 is 11.9 Å². The minimum atomic E-state index is -0.571. The van der Waals surface area contributed by atoms with Gasteiger partial charge in [0.1, 0.15) is 11.4 Å². The van der Waals surface area contributed by atoms with Crippen molar-refractivity contribution in [3.05, 3.63) is 83.2 Å². The van der Waals surface area contributed by atoms with E-state index >= 15 is 4.39 Å². The predicted octanol–water partition coefficient (Wildman–Crippen LogP) is 4.98. The lowest BCUT2D eigenvalue weighted by Gasteiger charge is -2.20. The summed E-state index contributed by atoms with van der Waals surface area (Å²) in [6.45, 7) is 6.56. The molecule has 0 N–H and O–H groups in total. The number of nitrogens with zero attached hydrogens (tertiary/aromatic N) is 6. The maximum atomic E-state index is 15.7. The lowest BCUT2D eigenvalue weighted by atomic mass is 10.0. The molecule has 2 aromatic heterocycles. The molecule has 0 aliphatic heterocycles. The van der Waals surface area contributed by atoms with E-state index < -0.39 is 11.8 Å². The van der Waals surface area contributed by atoms with Crippen LogP contribution in [0.2, 0.25) is 0 Å². The van der Waals surface area contributed by atoms with Crippen LogP contribution < -0.4 is 0 Å². The third kappa shape index (κ3) is 5.25. The first kappa shape index (κ1) is 27.2. The summed E-state index contributed by atoms with van der Waals surface area (Å²) in [5, 5.41) is 12.9. The van der Waals surface area contributed by atoms with E-state index in [1.807, 2.05) is 45.3 Å². The van der Waals surface area contributed by atoms with Crippen molar-refractivity contribution in [1.82, 2.24) is 29.7 Å². The Morgan fingerprint density at radius 2 is 1.93 bits per heavy atom. The summed E-state index contributed by atoms with van der Waals surface area (Å²) in [4.78, 5) is 27.4. The molecule has 5 rings (SSSR count). The van der Waals surface area contributed by atoms with Gasteiger partial charge in [0.2, 0.25) is 0 Å². The Morgan fingerprint density at radius 3 is 2.62 bits per heavy atom. The number of ether oxygens (including phenoxy) is 1. The largest absolute Gasteiger partial charge is 0.462 e. The lowest BCUT2D eigenvalue weighted by Crippen LogP contribution is -2.31. The van der Waals surface area contributed by atoms with Crippen LogP contribution in [0.5, 0.6) is 0 Å². The number of rotatable bonds is 9. The van der Waals surface area contributed by atoms with Gasteiger partial charge in [0, 0.05) is 44.2 Å². The van der Waals surface area contributed by atoms with Crippen molar-refractivity contribution < 1.29 is 18.7 Å². The molecule has 1 unspecified atom stereocenters.